The zero-order chi connectivity index (χ0) is 7.42. The van der Waals surface area contributed by atoms with Crippen molar-refractivity contribution in [3.05, 3.63) is 11.8 Å². The normalized spacial score (nSPS) is 46.5. The Balaban J connectivity index is 2.04. The van der Waals surface area contributed by atoms with E-state index in [0.717, 1.165) is 11.8 Å². The van der Waals surface area contributed by atoms with Gasteiger partial charge in [-0.25, -0.2) is 5.84 Å². The first-order chi connectivity index (χ1) is 5.33. The van der Waals surface area contributed by atoms with Crippen LogP contribution in [-0.4, -0.2) is 11.1 Å². The first kappa shape index (κ1) is 6.06. The monoisotopic (exact) mass is 150 g/mol. The average Bonchev–Trinajstić information content (AvgIpc) is 1.98. The van der Waals surface area contributed by atoms with Gasteiger partial charge in [0.15, 0.2) is 0 Å². The van der Waals surface area contributed by atoms with Crippen LogP contribution >= 0.6 is 0 Å². The maximum atomic E-state index is 5.93. The molecule has 1 saturated heterocycles. The van der Waals surface area contributed by atoms with Gasteiger partial charge in [-0.3, -0.25) is 0 Å². The molecule has 11 heavy (non-hydrogen) atoms. The molecule has 3 atom stereocenters. The summed E-state index contributed by atoms with van der Waals surface area (Å²) < 4.78 is 0. The molecule has 60 valence electrons. The number of hydrogen-bond acceptors (Lipinski definition) is 2. The Morgan fingerprint density at radius 2 is 2.27 bits per heavy atom. The number of hydrazine groups is 1. The van der Waals surface area contributed by atoms with Gasteiger partial charge in [-0.05, 0) is 37.5 Å². The Bertz CT molecular complexity index is 222. The highest BCUT2D eigenvalue weighted by atomic mass is 15.4. The Morgan fingerprint density at radius 3 is 3.00 bits per heavy atom. The highest BCUT2D eigenvalue weighted by molar-refractivity contribution is 5.17. The number of nitrogens with two attached hydrogens (primary N) is 1. The minimum Gasteiger partial charge on any atom is -0.312 e. The van der Waals surface area contributed by atoms with Crippen molar-refractivity contribution in [1.82, 2.24) is 5.01 Å². The Hall–Kier alpha value is -0.500. The number of hydrogen-bond donors (Lipinski definition) is 1. The van der Waals surface area contributed by atoms with Crippen LogP contribution in [-0.2, 0) is 0 Å². The summed E-state index contributed by atoms with van der Waals surface area (Å²) in [6, 6.07) is 0.687. The van der Waals surface area contributed by atoms with Crippen molar-refractivity contribution in [3.63, 3.8) is 0 Å². The fourth-order valence-corrected chi connectivity index (χ4v) is 3.04. The molecular formula is C9H14N2. The lowest BCUT2D eigenvalue weighted by Gasteiger charge is -2.50. The average molecular weight is 150 g/mol. The topological polar surface area (TPSA) is 29.3 Å². The third-order valence-corrected chi connectivity index (χ3v) is 3.47. The molecule has 2 heteroatoms. The van der Waals surface area contributed by atoms with E-state index in [1.165, 1.54) is 31.4 Å². The molecule has 4 bridgehead atoms. The van der Waals surface area contributed by atoms with Gasteiger partial charge in [0.2, 0.25) is 0 Å². The van der Waals surface area contributed by atoms with Crippen molar-refractivity contribution in [3.8, 4) is 0 Å². The van der Waals surface area contributed by atoms with Gasteiger partial charge in [0.05, 0.1) is 0 Å². The smallest absolute Gasteiger partial charge is 0.0457 e. The molecule has 0 radical (unpaired) electrons. The van der Waals surface area contributed by atoms with Crippen LogP contribution < -0.4 is 5.84 Å². The van der Waals surface area contributed by atoms with Gasteiger partial charge in [-0.1, -0.05) is 6.08 Å². The zero-order valence-corrected chi connectivity index (χ0v) is 6.66. The molecule has 2 N–H and O–H groups in total. The molecular weight excluding hydrogens is 136 g/mol. The van der Waals surface area contributed by atoms with Crippen molar-refractivity contribution in [2.45, 2.75) is 31.7 Å². The molecule has 2 nitrogen and oxygen atoms in total. The minimum absolute atomic E-state index is 0.687. The van der Waals surface area contributed by atoms with E-state index in [0.29, 0.717) is 6.04 Å². The highest BCUT2D eigenvalue weighted by Crippen LogP contribution is 2.46. The molecule has 2 aliphatic carbocycles. The lowest BCUT2D eigenvalue weighted by atomic mass is 9.69. The minimum atomic E-state index is 0.687. The number of nitrogens with zero attached hydrogens (tertiary/aromatic N) is 1. The summed E-state index contributed by atoms with van der Waals surface area (Å²) >= 11 is 0. The summed E-state index contributed by atoms with van der Waals surface area (Å²) in [6.45, 7) is 0. The summed E-state index contributed by atoms with van der Waals surface area (Å²) in [5.74, 6) is 7.78. The van der Waals surface area contributed by atoms with Gasteiger partial charge in [0.25, 0.3) is 0 Å². The molecule has 0 amide bonds. The maximum Gasteiger partial charge on any atom is 0.0457 e. The Kier molecular flexibility index (Phi) is 0.995. The maximum absolute atomic E-state index is 5.93. The first-order valence-electron chi connectivity index (χ1n) is 4.57. The molecule has 4 aliphatic rings. The van der Waals surface area contributed by atoms with Crippen LogP contribution in [0.2, 0.25) is 0 Å². The SMILES string of the molecule is NN1C2=CC3CC(C2)CC1C3. The quantitative estimate of drug-likeness (QED) is 0.526. The van der Waals surface area contributed by atoms with Crippen molar-refractivity contribution in [2.24, 2.45) is 17.7 Å². The number of allylic oxidation sites excluding steroid dienone is 2. The van der Waals surface area contributed by atoms with Crippen molar-refractivity contribution in [2.75, 3.05) is 0 Å². The van der Waals surface area contributed by atoms with E-state index in [9.17, 15) is 0 Å². The van der Waals surface area contributed by atoms with Crippen LogP contribution in [0, 0.1) is 11.8 Å². The van der Waals surface area contributed by atoms with Crippen LogP contribution in [0.15, 0.2) is 11.8 Å². The molecule has 0 aromatic rings. The van der Waals surface area contributed by atoms with Gasteiger partial charge in [-0.2, -0.15) is 0 Å². The molecule has 0 aromatic carbocycles. The lowest BCUT2D eigenvalue weighted by molar-refractivity contribution is 0.0717. The molecule has 4 rings (SSSR count). The fourth-order valence-electron chi connectivity index (χ4n) is 3.04. The van der Waals surface area contributed by atoms with Gasteiger partial charge in [0.1, 0.15) is 0 Å². The molecule has 1 saturated carbocycles. The number of rotatable bonds is 0. The largest absolute Gasteiger partial charge is 0.312 e. The predicted octanol–water partition coefficient (Wildman–Crippen LogP) is 1.25. The Labute approximate surface area is 67.0 Å². The van der Waals surface area contributed by atoms with Crippen LogP contribution in [0.1, 0.15) is 25.7 Å². The Morgan fingerprint density at radius 1 is 1.36 bits per heavy atom. The summed E-state index contributed by atoms with van der Waals surface area (Å²) in [5, 5.41) is 2.02. The number of piperidine rings is 1. The van der Waals surface area contributed by atoms with Gasteiger partial charge >= 0.3 is 0 Å². The highest BCUT2D eigenvalue weighted by Gasteiger charge is 2.40. The third-order valence-electron chi connectivity index (χ3n) is 3.47. The predicted molar refractivity (Wildman–Crippen MR) is 43.3 cm³/mol. The van der Waals surface area contributed by atoms with E-state index in [1.807, 2.05) is 5.01 Å². The molecule has 2 aliphatic heterocycles. The second-order valence-corrected chi connectivity index (χ2v) is 4.26. The molecule has 2 fully saturated rings. The lowest BCUT2D eigenvalue weighted by Crippen LogP contribution is -2.52. The summed E-state index contributed by atoms with van der Waals surface area (Å²) in [5.41, 5.74) is 1.42. The van der Waals surface area contributed by atoms with Crippen LogP contribution in [0.5, 0.6) is 0 Å². The molecule has 2 heterocycles. The summed E-state index contributed by atoms with van der Waals surface area (Å²) in [6.07, 6.45) is 7.75. The van der Waals surface area contributed by atoms with Crippen LogP contribution in [0.4, 0.5) is 0 Å². The van der Waals surface area contributed by atoms with E-state index >= 15 is 0 Å². The van der Waals surface area contributed by atoms with Crippen molar-refractivity contribution >= 4 is 0 Å². The summed E-state index contributed by atoms with van der Waals surface area (Å²) in [7, 11) is 0. The van der Waals surface area contributed by atoms with E-state index < -0.39 is 0 Å². The first-order valence-corrected chi connectivity index (χ1v) is 4.57. The zero-order valence-electron chi connectivity index (χ0n) is 6.66. The van der Waals surface area contributed by atoms with Crippen molar-refractivity contribution in [1.29, 1.82) is 0 Å². The fraction of sp³-hybridized carbons (Fsp3) is 0.778. The van der Waals surface area contributed by atoms with Crippen molar-refractivity contribution < 1.29 is 0 Å². The van der Waals surface area contributed by atoms with Crippen LogP contribution in [0.3, 0.4) is 0 Å². The second kappa shape index (κ2) is 1.81. The van der Waals surface area contributed by atoms with Gasteiger partial charge < -0.3 is 5.01 Å². The van der Waals surface area contributed by atoms with Crippen LogP contribution in [0.25, 0.3) is 0 Å². The molecule has 3 unspecified atom stereocenters. The molecule has 0 spiro atoms. The van der Waals surface area contributed by atoms with E-state index in [2.05, 4.69) is 6.08 Å². The standard InChI is InChI=1S/C9H14N2/c10-11-8-2-6-1-7(4-8)5-9(11)3-6/h2,6-7,9H,1,3-5,10H2. The third kappa shape index (κ3) is 0.707. The van der Waals surface area contributed by atoms with E-state index in [-0.39, 0.29) is 0 Å². The van der Waals surface area contributed by atoms with Gasteiger partial charge in [0, 0.05) is 11.7 Å². The summed E-state index contributed by atoms with van der Waals surface area (Å²) in [4.78, 5) is 0. The second-order valence-electron chi connectivity index (χ2n) is 4.26. The molecule has 0 aromatic heterocycles. The van der Waals surface area contributed by atoms with E-state index in [1.54, 1.807) is 0 Å². The van der Waals surface area contributed by atoms with E-state index in [4.69, 9.17) is 5.84 Å². The van der Waals surface area contributed by atoms with Gasteiger partial charge in [-0.15, -0.1) is 0 Å².